The van der Waals surface area contributed by atoms with Crippen molar-refractivity contribution in [3.05, 3.63) is 65.7 Å². The lowest BCUT2D eigenvalue weighted by Crippen LogP contribution is -2.06. The van der Waals surface area contributed by atoms with E-state index >= 15 is 0 Å². The highest BCUT2D eigenvalue weighted by Crippen LogP contribution is 2.33. The van der Waals surface area contributed by atoms with Gasteiger partial charge in [0.05, 0.1) is 17.9 Å². The molecule has 1 aromatic heterocycles. The molecule has 3 aromatic rings. The minimum atomic E-state index is 0.104. The third-order valence-corrected chi connectivity index (χ3v) is 3.94. The summed E-state index contributed by atoms with van der Waals surface area (Å²) in [5.41, 5.74) is 3.00. The molecule has 0 bridgehead atoms. The van der Waals surface area contributed by atoms with Gasteiger partial charge in [-0.1, -0.05) is 23.7 Å². The first-order valence-electron chi connectivity index (χ1n) is 7.31. The van der Waals surface area contributed by atoms with Crippen LogP contribution >= 0.6 is 11.6 Å². The van der Waals surface area contributed by atoms with Crippen LogP contribution in [0.15, 0.2) is 55.1 Å². The Kier molecular flexibility index (Phi) is 4.53. The maximum absolute atomic E-state index is 9.63. The molecule has 118 valence electrons. The lowest BCUT2D eigenvalue weighted by Gasteiger charge is -2.10. The van der Waals surface area contributed by atoms with Gasteiger partial charge in [-0.25, -0.2) is 4.98 Å². The van der Waals surface area contributed by atoms with Crippen molar-refractivity contribution in [2.75, 3.05) is 6.61 Å². The van der Waals surface area contributed by atoms with Gasteiger partial charge in [0.1, 0.15) is 18.1 Å². The minimum absolute atomic E-state index is 0.104. The molecule has 0 amide bonds. The molecule has 0 aliphatic heterocycles. The third kappa shape index (κ3) is 3.66. The fourth-order valence-corrected chi connectivity index (χ4v) is 2.56. The lowest BCUT2D eigenvalue weighted by atomic mass is 10.0. The van der Waals surface area contributed by atoms with Crippen molar-refractivity contribution in [2.45, 2.75) is 13.5 Å². The number of hydrogen-bond donors (Lipinski definition) is 1. The zero-order valence-corrected chi connectivity index (χ0v) is 13.5. The Morgan fingerprint density at radius 2 is 2.00 bits per heavy atom. The number of rotatable bonds is 5. The van der Waals surface area contributed by atoms with E-state index in [4.69, 9.17) is 16.3 Å². The molecule has 0 atom stereocenters. The molecule has 0 radical (unpaired) electrons. The van der Waals surface area contributed by atoms with Gasteiger partial charge in [0, 0.05) is 12.4 Å². The van der Waals surface area contributed by atoms with Crippen LogP contribution in [0.1, 0.15) is 5.56 Å². The average Bonchev–Trinajstić information content (AvgIpc) is 3.05. The quantitative estimate of drug-likeness (QED) is 0.759. The first-order valence-corrected chi connectivity index (χ1v) is 7.69. The van der Waals surface area contributed by atoms with Crippen LogP contribution in [0.4, 0.5) is 0 Å². The number of nitrogens with zero attached hydrogens (tertiary/aromatic N) is 2. The summed E-state index contributed by atoms with van der Waals surface area (Å²) in [6, 6.07) is 11.3. The Labute approximate surface area is 139 Å². The van der Waals surface area contributed by atoms with Gasteiger partial charge < -0.3 is 14.4 Å². The molecule has 2 aromatic carbocycles. The van der Waals surface area contributed by atoms with Crippen LogP contribution in [0.2, 0.25) is 5.02 Å². The monoisotopic (exact) mass is 328 g/mol. The van der Waals surface area contributed by atoms with E-state index in [1.54, 1.807) is 24.7 Å². The number of aromatic nitrogens is 2. The number of ether oxygens (including phenoxy) is 1. The van der Waals surface area contributed by atoms with Crippen LogP contribution in [-0.4, -0.2) is 21.3 Å². The second-order valence-electron chi connectivity index (χ2n) is 5.29. The highest BCUT2D eigenvalue weighted by Gasteiger charge is 2.07. The summed E-state index contributed by atoms with van der Waals surface area (Å²) in [5.74, 6) is 0.920. The molecule has 0 spiro atoms. The predicted molar refractivity (Wildman–Crippen MR) is 91.0 cm³/mol. The van der Waals surface area contributed by atoms with Crippen molar-refractivity contribution in [1.82, 2.24) is 9.55 Å². The minimum Gasteiger partial charge on any atom is -0.506 e. The van der Waals surface area contributed by atoms with Crippen molar-refractivity contribution >= 4 is 11.6 Å². The normalized spacial score (nSPS) is 10.7. The van der Waals surface area contributed by atoms with Gasteiger partial charge >= 0.3 is 0 Å². The largest absolute Gasteiger partial charge is 0.506 e. The summed E-state index contributed by atoms with van der Waals surface area (Å²) in [5, 5.41) is 9.99. The van der Waals surface area contributed by atoms with Gasteiger partial charge in [0.25, 0.3) is 0 Å². The number of phenols is 1. The van der Waals surface area contributed by atoms with E-state index in [1.165, 1.54) is 0 Å². The molecular formula is C18H17ClN2O2. The molecule has 0 aliphatic rings. The van der Waals surface area contributed by atoms with E-state index in [9.17, 15) is 5.11 Å². The molecule has 23 heavy (non-hydrogen) atoms. The number of imidazole rings is 1. The molecule has 1 heterocycles. The summed E-state index contributed by atoms with van der Waals surface area (Å²) in [6.07, 6.45) is 5.42. The van der Waals surface area contributed by atoms with E-state index < -0.39 is 0 Å². The van der Waals surface area contributed by atoms with Crippen LogP contribution in [0.3, 0.4) is 0 Å². The SMILES string of the molecule is Cc1cc(O)c(Cl)cc1-c1ccc(OCCn2ccnc2)cc1. The highest BCUT2D eigenvalue weighted by atomic mass is 35.5. The summed E-state index contributed by atoms with van der Waals surface area (Å²) >= 11 is 6.00. The lowest BCUT2D eigenvalue weighted by molar-refractivity contribution is 0.298. The number of aromatic hydroxyl groups is 1. The zero-order valence-electron chi connectivity index (χ0n) is 12.7. The maximum atomic E-state index is 9.63. The second kappa shape index (κ2) is 6.75. The first kappa shape index (κ1) is 15.4. The predicted octanol–water partition coefficient (Wildman–Crippen LogP) is 4.30. The van der Waals surface area contributed by atoms with Crippen LogP contribution in [-0.2, 0) is 6.54 Å². The topological polar surface area (TPSA) is 47.3 Å². The van der Waals surface area contributed by atoms with Gasteiger partial charge in [0.15, 0.2) is 0 Å². The van der Waals surface area contributed by atoms with Gasteiger partial charge in [-0.15, -0.1) is 0 Å². The Bertz CT molecular complexity index is 784. The molecule has 1 N–H and O–H groups in total. The molecule has 5 heteroatoms. The average molecular weight is 329 g/mol. The Morgan fingerprint density at radius 1 is 1.22 bits per heavy atom. The number of aryl methyl sites for hydroxylation is 1. The second-order valence-corrected chi connectivity index (χ2v) is 5.70. The van der Waals surface area contributed by atoms with Crippen molar-refractivity contribution in [2.24, 2.45) is 0 Å². The summed E-state index contributed by atoms with van der Waals surface area (Å²) in [7, 11) is 0. The summed E-state index contributed by atoms with van der Waals surface area (Å²) < 4.78 is 7.70. The standard InChI is InChI=1S/C18H17ClN2O2/c1-13-10-18(22)17(19)11-16(13)14-2-4-15(5-3-14)23-9-8-21-7-6-20-12-21/h2-7,10-12,22H,8-9H2,1H3. The Balaban J connectivity index is 1.68. The number of phenolic OH excluding ortho intramolecular Hbond substituents is 1. The zero-order chi connectivity index (χ0) is 16.2. The number of halogens is 1. The molecule has 3 rings (SSSR count). The molecule has 0 aliphatic carbocycles. The van der Waals surface area contributed by atoms with E-state index in [0.717, 1.165) is 29.0 Å². The molecule has 0 saturated carbocycles. The maximum Gasteiger partial charge on any atom is 0.134 e. The van der Waals surface area contributed by atoms with Gasteiger partial charge in [-0.3, -0.25) is 0 Å². The fourth-order valence-electron chi connectivity index (χ4n) is 2.40. The number of hydrogen-bond acceptors (Lipinski definition) is 3. The van der Waals surface area contributed by atoms with Crippen LogP contribution in [0.5, 0.6) is 11.5 Å². The van der Waals surface area contributed by atoms with Crippen molar-refractivity contribution < 1.29 is 9.84 Å². The van der Waals surface area contributed by atoms with Crippen molar-refractivity contribution in [1.29, 1.82) is 0 Å². The molecule has 4 nitrogen and oxygen atoms in total. The van der Waals surface area contributed by atoms with Gasteiger partial charge in [-0.2, -0.15) is 0 Å². The third-order valence-electron chi connectivity index (χ3n) is 3.64. The number of benzene rings is 2. The smallest absolute Gasteiger partial charge is 0.134 e. The van der Waals surface area contributed by atoms with Crippen molar-refractivity contribution in [3.8, 4) is 22.6 Å². The van der Waals surface area contributed by atoms with Crippen LogP contribution in [0, 0.1) is 6.92 Å². The van der Waals surface area contributed by atoms with Crippen LogP contribution < -0.4 is 4.74 Å². The molecular weight excluding hydrogens is 312 g/mol. The molecule has 0 fully saturated rings. The Morgan fingerprint density at radius 3 is 2.70 bits per heavy atom. The fraction of sp³-hybridized carbons (Fsp3) is 0.167. The highest BCUT2D eigenvalue weighted by molar-refractivity contribution is 6.32. The van der Waals surface area contributed by atoms with Crippen molar-refractivity contribution in [3.63, 3.8) is 0 Å². The molecule has 0 saturated heterocycles. The van der Waals surface area contributed by atoms with E-state index in [-0.39, 0.29) is 5.75 Å². The van der Waals surface area contributed by atoms with E-state index in [0.29, 0.717) is 11.6 Å². The Hall–Kier alpha value is -2.46. The summed E-state index contributed by atoms with van der Waals surface area (Å²) in [4.78, 5) is 3.99. The van der Waals surface area contributed by atoms with E-state index in [2.05, 4.69) is 4.98 Å². The van der Waals surface area contributed by atoms with Crippen LogP contribution in [0.25, 0.3) is 11.1 Å². The van der Waals surface area contributed by atoms with E-state index in [1.807, 2.05) is 42.0 Å². The summed E-state index contributed by atoms with van der Waals surface area (Å²) in [6.45, 7) is 3.29. The van der Waals surface area contributed by atoms with Gasteiger partial charge in [-0.05, 0) is 47.9 Å². The molecule has 0 unspecified atom stereocenters. The van der Waals surface area contributed by atoms with Gasteiger partial charge in [0.2, 0.25) is 0 Å². The first-order chi connectivity index (χ1) is 11.1.